The molecular formula is C23H28N2O4. The topological polar surface area (TPSA) is 76.7 Å². The molecule has 0 radical (unpaired) electrons. The molecule has 2 aromatic carbocycles. The first-order valence-electron chi connectivity index (χ1n) is 9.74. The number of nitrogens with one attached hydrogen (secondary N) is 2. The lowest BCUT2D eigenvalue weighted by atomic mass is 10.1. The van der Waals surface area contributed by atoms with Crippen molar-refractivity contribution >= 4 is 23.6 Å². The SMILES string of the molecule is CCCOc1ccc(C=CC(=O)NCc2ccc(NC(C)=O)cc2)cc1OCC. The second-order valence-corrected chi connectivity index (χ2v) is 6.42. The zero-order valence-electron chi connectivity index (χ0n) is 17.2. The van der Waals surface area contributed by atoms with Gasteiger partial charge in [0.05, 0.1) is 13.2 Å². The van der Waals surface area contributed by atoms with Gasteiger partial charge >= 0.3 is 0 Å². The van der Waals surface area contributed by atoms with E-state index in [1.54, 1.807) is 18.2 Å². The number of hydrogen-bond acceptors (Lipinski definition) is 4. The molecule has 6 heteroatoms. The number of ether oxygens (including phenoxy) is 2. The van der Waals surface area contributed by atoms with E-state index in [0.29, 0.717) is 31.3 Å². The first kappa shape index (κ1) is 22.0. The maximum atomic E-state index is 12.1. The Morgan fingerprint density at radius 1 is 1.00 bits per heavy atom. The molecule has 2 amide bonds. The Bertz CT molecular complexity index is 844. The highest BCUT2D eigenvalue weighted by atomic mass is 16.5. The van der Waals surface area contributed by atoms with Crippen LogP contribution < -0.4 is 20.1 Å². The Balaban J connectivity index is 1.92. The summed E-state index contributed by atoms with van der Waals surface area (Å²) < 4.78 is 11.3. The zero-order valence-corrected chi connectivity index (χ0v) is 17.2. The van der Waals surface area contributed by atoms with Crippen molar-refractivity contribution in [3.63, 3.8) is 0 Å². The van der Waals surface area contributed by atoms with E-state index in [-0.39, 0.29) is 11.8 Å². The molecule has 0 saturated carbocycles. The van der Waals surface area contributed by atoms with E-state index in [1.165, 1.54) is 13.0 Å². The van der Waals surface area contributed by atoms with Gasteiger partial charge in [-0.25, -0.2) is 0 Å². The molecule has 154 valence electrons. The standard InChI is InChI=1S/C23H28N2O4/c1-4-14-29-21-12-8-18(15-22(21)28-5-2)9-13-23(27)24-16-19-6-10-20(11-7-19)25-17(3)26/h6-13,15H,4-5,14,16H2,1-3H3,(H,24,27)(H,25,26). The van der Waals surface area contributed by atoms with Crippen molar-refractivity contribution in [2.45, 2.75) is 33.7 Å². The van der Waals surface area contributed by atoms with Gasteiger partial charge < -0.3 is 20.1 Å². The smallest absolute Gasteiger partial charge is 0.244 e. The number of benzene rings is 2. The van der Waals surface area contributed by atoms with Gasteiger partial charge in [0, 0.05) is 25.2 Å². The maximum absolute atomic E-state index is 12.1. The molecule has 29 heavy (non-hydrogen) atoms. The Hall–Kier alpha value is -3.28. The molecule has 0 aliphatic heterocycles. The quantitative estimate of drug-likeness (QED) is 0.591. The van der Waals surface area contributed by atoms with Gasteiger partial charge in [-0.1, -0.05) is 25.1 Å². The van der Waals surface area contributed by atoms with Crippen LogP contribution in [0.25, 0.3) is 6.08 Å². The van der Waals surface area contributed by atoms with E-state index < -0.39 is 0 Å². The molecular weight excluding hydrogens is 368 g/mol. The fourth-order valence-corrected chi connectivity index (χ4v) is 2.56. The fraction of sp³-hybridized carbons (Fsp3) is 0.304. The third kappa shape index (κ3) is 7.70. The summed E-state index contributed by atoms with van der Waals surface area (Å²) in [5.74, 6) is 1.06. The van der Waals surface area contributed by atoms with Crippen LogP contribution in [0.2, 0.25) is 0 Å². The predicted molar refractivity (Wildman–Crippen MR) is 115 cm³/mol. The third-order valence-corrected chi connectivity index (χ3v) is 3.90. The van der Waals surface area contributed by atoms with Crippen molar-refractivity contribution in [2.75, 3.05) is 18.5 Å². The van der Waals surface area contributed by atoms with E-state index in [1.807, 2.05) is 44.2 Å². The van der Waals surface area contributed by atoms with Crippen LogP contribution in [0.1, 0.15) is 38.3 Å². The normalized spacial score (nSPS) is 10.6. The van der Waals surface area contributed by atoms with Crippen molar-refractivity contribution in [1.29, 1.82) is 0 Å². The molecule has 0 atom stereocenters. The minimum absolute atomic E-state index is 0.117. The van der Waals surface area contributed by atoms with Crippen molar-refractivity contribution in [3.05, 3.63) is 59.7 Å². The second-order valence-electron chi connectivity index (χ2n) is 6.42. The van der Waals surface area contributed by atoms with Crippen LogP contribution in [0.4, 0.5) is 5.69 Å². The molecule has 0 saturated heterocycles. The average Bonchev–Trinajstić information content (AvgIpc) is 2.71. The molecule has 6 nitrogen and oxygen atoms in total. The average molecular weight is 396 g/mol. The predicted octanol–water partition coefficient (Wildman–Crippen LogP) is 4.16. The van der Waals surface area contributed by atoms with Crippen molar-refractivity contribution in [3.8, 4) is 11.5 Å². The summed E-state index contributed by atoms with van der Waals surface area (Å²) in [7, 11) is 0. The number of rotatable bonds is 10. The Kier molecular flexibility index (Phi) is 8.76. The first-order valence-corrected chi connectivity index (χ1v) is 9.74. The summed E-state index contributed by atoms with van der Waals surface area (Å²) in [5.41, 5.74) is 2.52. The van der Waals surface area contributed by atoms with E-state index in [4.69, 9.17) is 9.47 Å². The lowest BCUT2D eigenvalue weighted by molar-refractivity contribution is -0.116. The van der Waals surface area contributed by atoms with Gasteiger partial charge in [0.15, 0.2) is 11.5 Å². The third-order valence-electron chi connectivity index (χ3n) is 3.90. The molecule has 0 fully saturated rings. The molecule has 0 aromatic heterocycles. The highest BCUT2D eigenvalue weighted by Crippen LogP contribution is 2.29. The second kappa shape index (κ2) is 11.5. The number of carbonyl (C=O) groups is 2. The summed E-state index contributed by atoms with van der Waals surface area (Å²) >= 11 is 0. The summed E-state index contributed by atoms with van der Waals surface area (Å²) in [5, 5.41) is 5.55. The Labute approximate surface area is 171 Å². The molecule has 0 spiro atoms. The lowest BCUT2D eigenvalue weighted by Gasteiger charge is -2.12. The number of carbonyl (C=O) groups excluding carboxylic acids is 2. The molecule has 2 N–H and O–H groups in total. The van der Waals surface area contributed by atoms with Gasteiger partial charge in [0.25, 0.3) is 0 Å². The van der Waals surface area contributed by atoms with Crippen LogP contribution in [0.3, 0.4) is 0 Å². The highest BCUT2D eigenvalue weighted by molar-refractivity contribution is 5.91. The minimum Gasteiger partial charge on any atom is -0.490 e. The van der Waals surface area contributed by atoms with Crippen LogP contribution in [-0.2, 0) is 16.1 Å². The van der Waals surface area contributed by atoms with Crippen LogP contribution in [0.15, 0.2) is 48.5 Å². The summed E-state index contributed by atoms with van der Waals surface area (Å²) in [4.78, 5) is 23.1. The Morgan fingerprint density at radius 3 is 2.41 bits per heavy atom. The van der Waals surface area contributed by atoms with E-state index in [0.717, 1.165) is 23.2 Å². The van der Waals surface area contributed by atoms with Crippen LogP contribution in [-0.4, -0.2) is 25.0 Å². The van der Waals surface area contributed by atoms with Gasteiger partial charge in [0.2, 0.25) is 11.8 Å². The Morgan fingerprint density at radius 2 is 1.76 bits per heavy atom. The lowest BCUT2D eigenvalue weighted by Crippen LogP contribution is -2.20. The number of amides is 2. The van der Waals surface area contributed by atoms with Gasteiger partial charge in [-0.2, -0.15) is 0 Å². The summed E-state index contributed by atoms with van der Waals surface area (Å²) in [6, 6.07) is 12.9. The van der Waals surface area contributed by atoms with Crippen LogP contribution in [0.5, 0.6) is 11.5 Å². The molecule has 0 bridgehead atoms. The van der Waals surface area contributed by atoms with Crippen molar-refractivity contribution < 1.29 is 19.1 Å². The molecule has 2 rings (SSSR count). The van der Waals surface area contributed by atoms with Crippen LogP contribution >= 0.6 is 0 Å². The molecule has 0 heterocycles. The molecule has 0 aliphatic rings. The van der Waals surface area contributed by atoms with Gasteiger partial charge in [0.1, 0.15) is 0 Å². The summed E-state index contributed by atoms with van der Waals surface area (Å²) in [6.07, 6.45) is 4.15. The van der Waals surface area contributed by atoms with Crippen LogP contribution in [0, 0.1) is 0 Å². The zero-order chi connectivity index (χ0) is 21.1. The number of hydrogen-bond donors (Lipinski definition) is 2. The molecule has 2 aromatic rings. The first-order chi connectivity index (χ1) is 14.0. The van der Waals surface area contributed by atoms with Crippen molar-refractivity contribution in [2.24, 2.45) is 0 Å². The van der Waals surface area contributed by atoms with E-state index in [2.05, 4.69) is 10.6 Å². The molecule has 0 unspecified atom stereocenters. The van der Waals surface area contributed by atoms with E-state index in [9.17, 15) is 9.59 Å². The maximum Gasteiger partial charge on any atom is 0.244 e. The highest BCUT2D eigenvalue weighted by Gasteiger charge is 2.06. The van der Waals surface area contributed by atoms with E-state index >= 15 is 0 Å². The molecule has 0 aliphatic carbocycles. The number of anilines is 1. The van der Waals surface area contributed by atoms with Gasteiger partial charge in [-0.15, -0.1) is 0 Å². The van der Waals surface area contributed by atoms with Crippen molar-refractivity contribution in [1.82, 2.24) is 5.32 Å². The van der Waals surface area contributed by atoms with Gasteiger partial charge in [-0.05, 0) is 54.8 Å². The summed E-state index contributed by atoms with van der Waals surface area (Å²) in [6.45, 7) is 7.00. The monoisotopic (exact) mass is 396 g/mol. The largest absolute Gasteiger partial charge is 0.490 e. The van der Waals surface area contributed by atoms with Gasteiger partial charge in [-0.3, -0.25) is 9.59 Å². The fourth-order valence-electron chi connectivity index (χ4n) is 2.56. The minimum atomic E-state index is -0.194.